The van der Waals surface area contributed by atoms with E-state index in [0.29, 0.717) is 44.6 Å². The highest BCUT2D eigenvalue weighted by molar-refractivity contribution is 5.96. The van der Waals surface area contributed by atoms with Crippen molar-refractivity contribution in [3.63, 3.8) is 0 Å². The maximum absolute atomic E-state index is 14.6. The molecule has 360 valence electrons. The quantitative estimate of drug-likeness (QED) is 0.0677. The van der Waals surface area contributed by atoms with Crippen LogP contribution in [0, 0.1) is 11.3 Å². The van der Waals surface area contributed by atoms with E-state index in [1.807, 2.05) is 25.1 Å². The second kappa shape index (κ2) is 21.4. The molecule has 16 nitrogen and oxygen atoms in total. The first-order valence-corrected chi connectivity index (χ1v) is 23.8. The van der Waals surface area contributed by atoms with Crippen LogP contribution in [0.15, 0.2) is 54.7 Å². The largest absolute Gasteiger partial charge is 0.508 e. The number of amides is 4. The van der Waals surface area contributed by atoms with Crippen molar-refractivity contribution in [2.24, 2.45) is 11.3 Å². The average molecular weight is 921 g/mol. The van der Waals surface area contributed by atoms with Gasteiger partial charge >= 0.3 is 0 Å². The first kappa shape index (κ1) is 49.1. The Balaban J connectivity index is 1.25. The van der Waals surface area contributed by atoms with E-state index in [1.54, 1.807) is 44.5 Å². The highest BCUT2D eigenvalue weighted by Crippen LogP contribution is 2.42. The second-order valence-corrected chi connectivity index (χ2v) is 19.3. The van der Waals surface area contributed by atoms with Gasteiger partial charge in [0.1, 0.15) is 17.8 Å². The van der Waals surface area contributed by atoms with E-state index < -0.39 is 23.4 Å². The number of fused-ring (bicyclic) bond motifs is 1. The van der Waals surface area contributed by atoms with Gasteiger partial charge in [-0.25, -0.2) is 5.43 Å². The third kappa shape index (κ3) is 11.3. The van der Waals surface area contributed by atoms with Crippen LogP contribution < -0.4 is 16.1 Å². The van der Waals surface area contributed by atoms with Crippen LogP contribution in [-0.2, 0) is 52.8 Å². The zero-order chi connectivity index (χ0) is 48.0. The average Bonchev–Trinajstić information content (AvgIpc) is 3.96. The Kier molecular flexibility index (Phi) is 15.7. The molecule has 1 saturated carbocycles. The van der Waals surface area contributed by atoms with E-state index in [1.165, 1.54) is 9.80 Å². The summed E-state index contributed by atoms with van der Waals surface area (Å²) in [6, 6.07) is 13.3. The molecular formula is C51H68N8O8. The van der Waals surface area contributed by atoms with Gasteiger partial charge in [0.25, 0.3) is 12.4 Å². The van der Waals surface area contributed by atoms with Gasteiger partial charge in [0.2, 0.25) is 17.7 Å². The van der Waals surface area contributed by atoms with Crippen molar-refractivity contribution < 1.29 is 38.6 Å². The predicted molar refractivity (Wildman–Crippen MR) is 255 cm³/mol. The van der Waals surface area contributed by atoms with Crippen LogP contribution >= 0.6 is 0 Å². The number of aryl methyl sites for hydroxylation is 1. The number of rotatable bonds is 20. The predicted octanol–water partition coefficient (Wildman–Crippen LogP) is 5.15. The molecule has 7 rings (SSSR count). The molecule has 4 amide bonds. The van der Waals surface area contributed by atoms with Crippen molar-refractivity contribution in [2.75, 3.05) is 54.0 Å². The molecule has 2 aliphatic heterocycles. The lowest BCUT2D eigenvalue weighted by Gasteiger charge is -2.35. The molecule has 67 heavy (non-hydrogen) atoms. The summed E-state index contributed by atoms with van der Waals surface area (Å²) < 4.78 is 13.4. The van der Waals surface area contributed by atoms with Crippen LogP contribution in [0.25, 0.3) is 33.3 Å². The summed E-state index contributed by atoms with van der Waals surface area (Å²) in [4.78, 5) is 74.5. The van der Waals surface area contributed by atoms with Crippen molar-refractivity contribution in [2.45, 2.75) is 110 Å². The smallest absolute Gasteiger partial charge is 0.293 e. The first-order valence-electron chi connectivity index (χ1n) is 23.8. The number of carbonyl (C=O) groups is 5. The highest BCUT2D eigenvalue weighted by Gasteiger charge is 2.40. The Morgan fingerprint density at radius 3 is 2.48 bits per heavy atom. The maximum Gasteiger partial charge on any atom is 0.293 e. The molecule has 1 aliphatic carbocycles. The summed E-state index contributed by atoms with van der Waals surface area (Å²) in [6.45, 7) is 11.1. The number of ether oxygens (including phenoxy) is 2. The lowest BCUT2D eigenvalue weighted by molar-refractivity contribution is -0.146. The molecule has 4 N–H and O–H groups in total. The molecule has 3 aliphatic rings. The number of nitrogens with zero attached hydrogens (tertiary/aromatic N) is 5. The van der Waals surface area contributed by atoms with Crippen LogP contribution in [0.2, 0.25) is 0 Å². The molecule has 4 atom stereocenters. The molecular weight excluding hydrogens is 853 g/mol. The molecule has 0 bridgehead atoms. The number of carbonyl (C=O) groups excluding carboxylic acids is 5. The van der Waals surface area contributed by atoms with E-state index in [-0.39, 0.29) is 61.1 Å². The third-order valence-electron chi connectivity index (χ3n) is 13.6. The molecule has 3 fully saturated rings. The zero-order valence-corrected chi connectivity index (χ0v) is 40.1. The molecule has 2 saturated heterocycles. The summed E-state index contributed by atoms with van der Waals surface area (Å²) in [7, 11) is 4.87. The molecule has 4 aromatic rings. The Morgan fingerprint density at radius 1 is 1.04 bits per heavy atom. The van der Waals surface area contributed by atoms with Crippen LogP contribution in [-0.4, -0.2) is 132 Å². The Labute approximate surface area is 393 Å². The number of phenolic OH excluding ortho intramolecular Hbond substituents is 1. The first-order chi connectivity index (χ1) is 32.1. The number of pyridine rings is 1. The number of phenols is 1. The Hall–Kier alpha value is -5.84. The summed E-state index contributed by atoms with van der Waals surface area (Å²) >= 11 is 0. The lowest BCUT2D eigenvalue weighted by Crippen LogP contribution is -2.60. The van der Waals surface area contributed by atoms with Gasteiger partial charge in [-0.15, -0.1) is 0 Å². The minimum Gasteiger partial charge on any atom is -0.508 e. The molecule has 4 heterocycles. The van der Waals surface area contributed by atoms with Gasteiger partial charge in [-0.3, -0.25) is 34.0 Å². The fourth-order valence-corrected chi connectivity index (χ4v) is 10.0. The monoisotopic (exact) mass is 921 g/mol. The van der Waals surface area contributed by atoms with Crippen molar-refractivity contribution in [1.29, 1.82) is 0 Å². The standard InChI is InChI=1S/C51H68N8O8/c1-8-58-43-18-17-35(26-39(43)40(27-51(3,4)30-67-31-60)47(58)38-16-13-19-52-45(38)32(2)66-7)36-22-33(23-37(61)25-36)24-41(50(65)59-21-12-11-20-54-59)55-48(63)46(34-14-9-10-15-34)57(6)44(62)29-56(5)49(64)42-28-53-42/h13,16-19,22-23,25-26,31-32,34,41-42,46,53-54,61H,8-12,14-15,20-21,24,27-30H2,1-7H3,(H,55,63)/t32-,41-,42+,46-/m0/s1. The number of nitrogens with one attached hydrogen (secondary N) is 3. The van der Waals surface area contributed by atoms with Crippen molar-refractivity contribution >= 4 is 41.0 Å². The van der Waals surface area contributed by atoms with E-state index in [0.717, 1.165) is 83.1 Å². The molecule has 0 unspecified atom stereocenters. The SMILES string of the molecule is CCn1c(-c2cccnc2[C@H](C)OC)c(CC(C)(C)COC=O)c2cc(-c3cc(O)cc(C[C@H](NC(=O)[C@H](C4CCCC4)N(C)C(=O)CN(C)C(=O)[C@H]4CN4)C(=O)N4CCCCN4)c3)ccc21. The van der Waals surface area contributed by atoms with Gasteiger partial charge in [-0.05, 0) is 111 Å². The normalized spacial score (nSPS) is 17.7. The lowest BCUT2D eigenvalue weighted by atomic mass is 9.84. The summed E-state index contributed by atoms with van der Waals surface area (Å²) in [6.07, 6.45) is 7.21. The van der Waals surface area contributed by atoms with Crippen molar-refractivity contribution in [3.05, 3.63) is 71.5 Å². The van der Waals surface area contributed by atoms with Gasteiger partial charge in [-0.1, -0.05) is 38.8 Å². The van der Waals surface area contributed by atoms with Gasteiger partial charge in [-0.2, -0.15) is 0 Å². The van der Waals surface area contributed by atoms with Gasteiger partial charge in [0, 0.05) is 81.9 Å². The third-order valence-corrected chi connectivity index (χ3v) is 13.6. The molecule has 0 spiro atoms. The van der Waals surface area contributed by atoms with Crippen molar-refractivity contribution in [3.8, 4) is 28.1 Å². The number of aromatic hydroxyl groups is 1. The number of hydrazine groups is 1. The van der Waals surface area contributed by atoms with Gasteiger partial charge in [0.15, 0.2) is 0 Å². The molecule has 2 aromatic heterocycles. The van der Waals surface area contributed by atoms with Crippen LogP contribution in [0.1, 0.15) is 89.1 Å². The highest BCUT2D eigenvalue weighted by atomic mass is 16.5. The number of hydrogen-bond acceptors (Lipinski definition) is 11. The molecule has 2 aromatic carbocycles. The Morgan fingerprint density at radius 2 is 1.81 bits per heavy atom. The topological polar surface area (TPSA) is 198 Å². The number of likely N-dealkylation sites (N-methyl/N-ethyl adjacent to an activating group) is 2. The molecule has 16 heteroatoms. The van der Waals surface area contributed by atoms with E-state index in [9.17, 15) is 29.1 Å². The van der Waals surface area contributed by atoms with E-state index in [4.69, 9.17) is 14.5 Å². The molecule has 0 radical (unpaired) electrons. The Bertz CT molecular complexity index is 2440. The fraction of sp³-hybridized carbons (Fsp3) is 0.529. The number of hydrogen-bond donors (Lipinski definition) is 4. The van der Waals surface area contributed by atoms with Crippen LogP contribution in [0.4, 0.5) is 0 Å². The zero-order valence-electron chi connectivity index (χ0n) is 40.1. The number of benzene rings is 2. The van der Waals surface area contributed by atoms with E-state index >= 15 is 0 Å². The van der Waals surface area contributed by atoms with Crippen LogP contribution in [0.3, 0.4) is 0 Å². The van der Waals surface area contributed by atoms with Gasteiger partial charge in [0.05, 0.1) is 36.7 Å². The minimum atomic E-state index is -1.03. The second-order valence-electron chi connectivity index (χ2n) is 19.3. The van der Waals surface area contributed by atoms with Crippen molar-refractivity contribution in [1.82, 2.24) is 40.4 Å². The van der Waals surface area contributed by atoms with Crippen LogP contribution in [0.5, 0.6) is 5.75 Å². The summed E-state index contributed by atoms with van der Waals surface area (Å²) in [5.41, 5.74) is 9.75. The maximum atomic E-state index is 14.6. The fourth-order valence-electron chi connectivity index (χ4n) is 10.0. The minimum absolute atomic E-state index is 0.00295. The van der Waals surface area contributed by atoms with Gasteiger partial charge < -0.3 is 39.6 Å². The number of aromatic nitrogens is 2. The van der Waals surface area contributed by atoms with E-state index in [2.05, 4.69) is 59.6 Å². The number of methoxy groups -OCH3 is 1. The summed E-state index contributed by atoms with van der Waals surface area (Å²) in [5, 5.41) is 20.0. The summed E-state index contributed by atoms with van der Waals surface area (Å²) in [5.74, 6) is -1.37.